The van der Waals surface area contributed by atoms with Crippen molar-refractivity contribution in [3.8, 4) is 0 Å². The Morgan fingerprint density at radius 3 is 2.56 bits per heavy atom. The summed E-state index contributed by atoms with van der Waals surface area (Å²) < 4.78 is 0. The molecule has 2 amide bonds. The molecule has 104 valence electrons. The number of carbonyl (C=O) groups excluding carboxylic acids is 1. The van der Waals surface area contributed by atoms with Gasteiger partial charge in [-0.25, -0.2) is 9.59 Å². The van der Waals surface area contributed by atoms with Gasteiger partial charge in [0, 0.05) is 6.54 Å². The van der Waals surface area contributed by atoms with Gasteiger partial charge in [-0.2, -0.15) is 0 Å². The summed E-state index contributed by atoms with van der Waals surface area (Å²) in [5.41, 5.74) is 0. The number of amides is 2. The van der Waals surface area contributed by atoms with Gasteiger partial charge in [0.1, 0.15) is 6.04 Å². The molecule has 1 saturated carbocycles. The normalized spacial score (nSPS) is 17.9. The molecule has 0 aromatic carbocycles. The predicted octanol–water partition coefficient (Wildman–Crippen LogP) is 1.98. The van der Waals surface area contributed by atoms with Gasteiger partial charge in [0.2, 0.25) is 0 Å². The second-order valence-electron chi connectivity index (χ2n) is 5.20. The van der Waals surface area contributed by atoms with E-state index in [9.17, 15) is 9.59 Å². The summed E-state index contributed by atoms with van der Waals surface area (Å²) >= 11 is 0. The molecule has 3 N–H and O–H groups in total. The van der Waals surface area contributed by atoms with E-state index in [2.05, 4.69) is 17.6 Å². The zero-order chi connectivity index (χ0) is 13.5. The van der Waals surface area contributed by atoms with Crippen LogP contribution in [-0.4, -0.2) is 29.7 Å². The second-order valence-corrected chi connectivity index (χ2v) is 5.20. The summed E-state index contributed by atoms with van der Waals surface area (Å²) in [5.74, 6) is 0.254. The molecule has 1 aliphatic carbocycles. The van der Waals surface area contributed by atoms with E-state index in [0.717, 1.165) is 18.8 Å². The van der Waals surface area contributed by atoms with Crippen molar-refractivity contribution in [2.24, 2.45) is 11.8 Å². The number of aliphatic carboxylic acids is 1. The minimum Gasteiger partial charge on any atom is -0.480 e. The Labute approximate surface area is 108 Å². The average molecular weight is 256 g/mol. The standard InChI is InChI=1S/C13H24N2O3/c1-3-4-5-11(12(16)17)15-13(18)14-8-9(2)10-6-7-10/h9-11H,3-8H2,1-2H3,(H,16,17)(H2,14,15,18)/t9?,11-/m0/s1. The maximum absolute atomic E-state index is 11.6. The van der Waals surface area contributed by atoms with E-state index in [1.54, 1.807) is 0 Å². The fraction of sp³-hybridized carbons (Fsp3) is 0.846. The summed E-state index contributed by atoms with van der Waals surface area (Å²) in [6.45, 7) is 4.73. The monoisotopic (exact) mass is 256 g/mol. The van der Waals surface area contributed by atoms with Crippen LogP contribution in [0.25, 0.3) is 0 Å². The largest absolute Gasteiger partial charge is 0.480 e. The maximum atomic E-state index is 11.6. The van der Waals surface area contributed by atoms with E-state index in [1.807, 2.05) is 6.92 Å². The zero-order valence-corrected chi connectivity index (χ0v) is 11.2. The number of hydrogen-bond acceptors (Lipinski definition) is 2. The van der Waals surface area contributed by atoms with Gasteiger partial charge in [-0.05, 0) is 31.1 Å². The number of urea groups is 1. The lowest BCUT2D eigenvalue weighted by molar-refractivity contribution is -0.139. The van der Waals surface area contributed by atoms with Gasteiger partial charge in [-0.1, -0.05) is 26.7 Å². The van der Waals surface area contributed by atoms with Crippen LogP contribution in [0.5, 0.6) is 0 Å². The van der Waals surface area contributed by atoms with Crippen molar-refractivity contribution in [2.45, 2.75) is 52.0 Å². The Balaban J connectivity index is 2.24. The number of rotatable bonds is 8. The number of carbonyl (C=O) groups is 2. The summed E-state index contributed by atoms with van der Waals surface area (Å²) in [7, 11) is 0. The van der Waals surface area contributed by atoms with Gasteiger partial charge in [0.15, 0.2) is 0 Å². The quantitative estimate of drug-likeness (QED) is 0.621. The third kappa shape index (κ3) is 5.38. The molecule has 0 heterocycles. The number of hydrogen-bond donors (Lipinski definition) is 3. The molecule has 2 atom stereocenters. The first-order valence-electron chi connectivity index (χ1n) is 6.81. The van der Waals surface area contributed by atoms with E-state index in [-0.39, 0.29) is 6.03 Å². The first-order chi connectivity index (χ1) is 8.54. The Morgan fingerprint density at radius 2 is 2.06 bits per heavy atom. The third-order valence-corrected chi connectivity index (χ3v) is 3.46. The molecule has 1 rings (SSSR count). The molecule has 1 aliphatic rings. The number of unbranched alkanes of at least 4 members (excludes halogenated alkanes) is 1. The fourth-order valence-corrected chi connectivity index (χ4v) is 1.96. The van der Waals surface area contributed by atoms with Crippen LogP contribution in [0.1, 0.15) is 46.0 Å². The Bertz CT molecular complexity index is 290. The van der Waals surface area contributed by atoms with Crippen LogP contribution < -0.4 is 10.6 Å². The van der Waals surface area contributed by atoms with E-state index < -0.39 is 12.0 Å². The van der Waals surface area contributed by atoms with Gasteiger partial charge in [0.05, 0.1) is 0 Å². The number of nitrogens with one attached hydrogen (secondary N) is 2. The molecule has 5 nitrogen and oxygen atoms in total. The molecule has 0 saturated heterocycles. The molecule has 1 fully saturated rings. The summed E-state index contributed by atoms with van der Waals surface area (Å²) in [6.07, 6.45) is 4.70. The average Bonchev–Trinajstić information content (AvgIpc) is 3.15. The van der Waals surface area contributed by atoms with Crippen molar-refractivity contribution < 1.29 is 14.7 Å². The Kier molecular flexibility index (Phi) is 5.95. The van der Waals surface area contributed by atoms with Crippen LogP contribution in [0, 0.1) is 11.8 Å². The highest BCUT2D eigenvalue weighted by atomic mass is 16.4. The lowest BCUT2D eigenvalue weighted by Crippen LogP contribution is -2.47. The summed E-state index contributed by atoms with van der Waals surface area (Å²) in [4.78, 5) is 22.5. The molecule has 0 aliphatic heterocycles. The first-order valence-corrected chi connectivity index (χ1v) is 6.81. The van der Waals surface area contributed by atoms with E-state index >= 15 is 0 Å². The highest BCUT2D eigenvalue weighted by molar-refractivity contribution is 5.82. The number of carboxylic acid groups (broad SMARTS) is 1. The lowest BCUT2D eigenvalue weighted by atomic mass is 10.1. The summed E-state index contributed by atoms with van der Waals surface area (Å²) in [6, 6.07) is -1.15. The van der Waals surface area contributed by atoms with Gasteiger partial charge >= 0.3 is 12.0 Å². The second kappa shape index (κ2) is 7.24. The maximum Gasteiger partial charge on any atom is 0.326 e. The van der Waals surface area contributed by atoms with E-state index in [4.69, 9.17) is 5.11 Å². The van der Waals surface area contributed by atoms with Crippen LogP contribution >= 0.6 is 0 Å². The van der Waals surface area contributed by atoms with Crippen molar-refractivity contribution in [3.63, 3.8) is 0 Å². The molecule has 1 unspecified atom stereocenters. The van der Waals surface area contributed by atoms with Gasteiger partial charge in [0.25, 0.3) is 0 Å². The molecule has 5 heteroatoms. The van der Waals surface area contributed by atoms with Crippen LogP contribution in [0.4, 0.5) is 4.79 Å². The SMILES string of the molecule is CCCC[C@H](NC(=O)NCC(C)C1CC1)C(=O)O. The van der Waals surface area contributed by atoms with Crippen LogP contribution in [-0.2, 0) is 4.79 Å². The van der Waals surface area contributed by atoms with Gasteiger partial charge < -0.3 is 15.7 Å². The fourth-order valence-electron chi connectivity index (χ4n) is 1.96. The predicted molar refractivity (Wildman–Crippen MR) is 69.4 cm³/mol. The zero-order valence-electron chi connectivity index (χ0n) is 11.2. The van der Waals surface area contributed by atoms with Crippen molar-refractivity contribution in [2.75, 3.05) is 6.54 Å². The highest BCUT2D eigenvalue weighted by Gasteiger charge is 2.28. The van der Waals surface area contributed by atoms with Gasteiger partial charge in [-0.3, -0.25) is 0 Å². The van der Waals surface area contributed by atoms with Gasteiger partial charge in [-0.15, -0.1) is 0 Å². The molecular weight excluding hydrogens is 232 g/mol. The highest BCUT2D eigenvalue weighted by Crippen LogP contribution is 2.35. The molecule has 0 spiro atoms. The van der Waals surface area contributed by atoms with Crippen molar-refractivity contribution in [1.82, 2.24) is 10.6 Å². The minimum absolute atomic E-state index is 0.369. The molecule has 0 aromatic heterocycles. The van der Waals surface area contributed by atoms with Crippen molar-refractivity contribution in [3.05, 3.63) is 0 Å². The Hall–Kier alpha value is -1.26. The van der Waals surface area contributed by atoms with Crippen LogP contribution in [0.15, 0.2) is 0 Å². The van der Waals surface area contributed by atoms with Crippen LogP contribution in [0.3, 0.4) is 0 Å². The summed E-state index contributed by atoms with van der Waals surface area (Å²) in [5, 5.41) is 14.3. The van der Waals surface area contributed by atoms with Crippen LogP contribution in [0.2, 0.25) is 0 Å². The molecule has 0 bridgehead atoms. The molecule has 0 aromatic rings. The number of carboxylic acids is 1. The first kappa shape index (κ1) is 14.8. The molecule has 18 heavy (non-hydrogen) atoms. The topological polar surface area (TPSA) is 78.4 Å². The molecular formula is C13H24N2O3. The molecule has 0 radical (unpaired) electrons. The van der Waals surface area contributed by atoms with E-state index in [1.165, 1.54) is 12.8 Å². The van der Waals surface area contributed by atoms with E-state index in [0.29, 0.717) is 18.9 Å². The third-order valence-electron chi connectivity index (χ3n) is 3.46. The lowest BCUT2D eigenvalue weighted by Gasteiger charge is -2.16. The minimum atomic E-state index is -0.964. The van der Waals surface area contributed by atoms with Crippen molar-refractivity contribution in [1.29, 1.82) is 0 Å². The van der Waals surface area contributed by atoms with Crippen molar-refractivity contribution >= 4 is 12.0 Å². The smallest absolute Gasteiger partial charge is 0.326 e. The Morgan fingerprint density at radius 1 is 1.39 bits per heavy atom.